The topological polar surface area (TPSA) is 61.4 Å². The van der Waals surface area contributed by atoms with Gasteiger partial charge in [0.05, 0.1) is 12.1 Å². The summed E-state index contributed by atoms with van der Waals surface area (Å²) in [5.74, 6) is 0. The number of aliphatic hydroxyl groups is 1. The Balaban J connectivity index is 1.89. The SMILES string of the molecule is O=C(Nc1cccc(Cl)c1)NC1CCCCCC1O. The van der Waals surface area contributed by atoms with Crippen molar-refractivity contribution in [1.82, 2.24) is 5.32 Å². The van der Waals surface area contributed by atoms with E-state index in [1.165, 1.54) is 0 Å². The molecule has 1 saturated carbocycles. The van der Waals surface area contributed by atoms with Crippen molar-refractivity contribution in [1.29, 1.82) is 0 Å². The number of anilines is 1. The molecule has 2 atom stereocenters. The molecular formula is C14H19ClN2O2. The molecule has 2 amide bonds. The van der Waals surface area contributed by atoms with Gasteiger partial charge in [-0.3, -0.25) is 0 Å². The lowest BCUT2D eigenvalue weighted by Gasteiger charge is -2.21. The van der Waals surface area contributed by atoms with Crippen molar-refractivity contribution >= 4 is 23.3 Å². The third-order valence-electron chi connectivity index (χ3n) is 3.38. The van der Waals surface area contributed by atoms with Crippen LogP contribution in [0.3, 0.4) is 0 Å². The molecule has 1 aliphatic rings. The molecule has 0 bridgehead atoms. The molecule has 0 aromatic heterocycles. The first-order chi connectivity index (χ1) is 9.15. The van der Waals surface area contributed by atoms with Crippen molar-refractivity contribution in [2.24, 2.45) is 0 Å². The van der Waals surface area contributed by atoms with Crippen molar-refractivity contribution < 1.29 is 9.90 Å². The number of amides is 2. The fourth-order valence-electron chi connectivity index (χ4n) is 2.36. The van der Waals surface area contributed by atoms with Crippen molar-refractivity contribution in [3.05, 3.63) is 29.3 Å². The van der Waals surface area contributed by atoms with Gasteiger partial charge in [0, 0.05) is 10.7 Å². The predicted molar refractivity (Wildman–Crippen MR) is 76.5 cm³/mol. The Bertz CT molecular complexity index is 439. The molecule has 2 rings (SSSR count). The van der Waals surface area contributed by atoms with E-state index in [4.69, 9.17) is 11.6 Å². The van der Waals surface area contributed by atoms with Gasteiger partial charge in [-0.15, -0.1) is 0 Å². The number of hydrogen-bond donors (Lipinski definition) is 3. The number of aliphatic hydroxyl groups excluding tert-OH is 1. The van der Waals surface area contributed by atoms with Crippen LogP contribution >= 0.6 is 11.6 Å². The van der Waals surface area contributed by atoms with Gasteiger partial charge in [-0.1, -0.05) is 36.9 Å². The van der Waals surface area contributed by atoms with E-state index < -0.39 is 6.10 Å². The molecule has 3 N–H and O–H groups in total. The van der Waals surface area contributed by atoms with Crippen LogP contribution in [-0.4, -0.2) is 23.3 Å². The molecule has 19 heavy (non-hydrogen) atoms. The van der Waals surface area contributed by atoms with Crippen molar-refractivity contribution in [3.8, 4) is 0 Å². The lowest BCUT2D eigenvalue weighted by atomic mass is 10.1. The Morgan fingerprint density at radius 3 is 2.84 bits per heavy atom. The highest BCUT2D eigenvalue weighted by atomic mass is 35.5. The minimum Gasteiger partial charge on any atom is -0.391 e. The lowest BCUT2D eigenvalue weighted by Crippen LogP contribution is -2.44. The summed E-state index contributed by atoms with van der Waals surface area (Å²) in [5.41, 5.74) is 0.646. The zero-order valence-electron chi connectivity index (χ0n) is 10.7. The summed E-state index contributed by atoms with van der Waals surface area (Å²) in [4.78, 5) is 11.9. The highest BCUT2D eigenvalue weighted by Crippen LogP contribution is 2.19. The van der Waals surface area contributed by atoms with Crippen LogP contribution in [0.25, 0.3) is 0 Å². The Labute approximate surface area is 118 Å². The summed E-state index contributed by atoms with van der Waals surface area (Å²) in [5, 5.41) is 16.1. The van der Waals surface area contributed by atoms with E-state index in [1.807, 2.05) is 0 Å². The van der Waals surface area contributed by atoms with E-state index in [2.05, 4.69) is 10.6 Å². The first-order valence-corrected chi connectivity index (χ1v) is 7.04. The molecule has 0 heterocycles. The second-order valence-electron chi connectivity index (χ2n) is 4.92. The molecule has 1 fully saturated rings. The normalized spacial score (nSPS) is 23.5. The first kappa shape index (κ1) is 14.2. The molecule has 1 aromatic carbocycles. The Morgan fingerprint density at radius 1 is 1.26 bits per heavy atom. The minimum atomic E-state index is -0.451. The van der Waals surface area contributed by atoms with E-state index in [0.717, 1.165) is 32.1 Å². The summed E-state index contributed by atoms with van der Waals surface area (Å²) < 4.78 is 0. The van der Waals surface area contributed by atoms with Crippen LogP contribution in [0.4, 0.5) is 10.5 Å². The lowest BCUT2D eigenvalue weighted by molar-refractivity contribution is 0.124. The first-order valence-electron chi connectivity index (χ1n) is 6.66. The summed E-state index contributed by atoms with van der Waals surface area (Å²) in [7, 11) is 0. The van der Waals surface area contributed by atoms with Gasteiger partial charge in [-0.2, -0.15) is 0 Å². The summed E-state index contributed by atoms with van der Waals surface area (Å²) in [6.07, 6.45) is 4.30. The van der Waals surface area contributed by atoms with Crippen LogP contribution in [-0.2, 0) is 0 Å². The smallest absolute Gasteiger partial charge is 0.319 e. The van der Waals surface area contributed by atoms with E-state index >= 15 is 0 Å². The number of halogens is 1. The van der Waals surface area contributed by atoms with Gasteiger partial charge in [0.25, 0.3) is 0 Å². The van der Waals surface area contributed by atoms with Gasteiger partial charge in [0.15, 0.2) is 0 Å². The molecule has 5 heteroatoms. The molecule has 0 spiro atoms. The molecule has 2 unspecified atom stereocenters. The fourth-order valence-corrected chi connectivity index (χ4v) is 2.55. The highest BCUT2D eigenvalue weighted by molar-refractivity contribution is 6.30. The maximum atomic E-state index is 11.9. The average Bonchev–Trinajstić information content (AvgIpc) is 2.55. The number of urea groups is 1. The van der Waals surface area contributed by atoms with Gasteiger partial charge >= 0.3 is 6.03 Å². The maximum absolute atomic E-state index is 11.9. The third kappa shape index (κ3) is 4.40. The predicted octanol–water partition coefficient (Wildman–Crippen LogP) is 3.16. The second kappa shape index (κ2) is 6.78. The summed E-state index contributed by atoms with van der Waals surface area (Å²) >= 11 is 5.85. The van der Waals surface area contributed by atoms with E-state index in [-0.39, 0.29) is 12.1 Å². The minimum absolute atomic E-state index is 0.165. The zero-order valence-corrected chi connectivity index (χ0v) is 11.5. The van der Waals surface area contributed by atoms with Crippen molar-refractivity contribution in [2.45, 2.75) is 44.2 Å². The number of nitrogens with one attached hydrogen (secondary N) is 2. The number of carbonyl (C=O) groups is 1. The molecule has 1 aliphatic carbocycles. The summed E-state index contributed by atoms with van der Waals surface area (Å²) in [6.45, 7) is 0. The van der Waals surface area contributed by atoms with Crippen LogP contribution in [0.2, 0.25) is 5.02 Å². The van der Waals surface area contributed by atoms with Gasteiger partial charge in [-0.05, 0) is 31.0 Å². The largest absolute Gasteiger partial charge is 0.391 e. The van der Waals surface area contributed by atoms with E-state index in [1.54, 1.807) is 24.3 Å². The van der Waals surface area contributed by atoms with Gasteiger partial charge < -0.3 is 15.7 Å². The van der Waals surface area contributed by atoms with Crippen LogP contribution in [0.1, 0.15) is 32.1 Å². The second-order valence-corrected chi connectivity index (χ2v) is 5.36. The maximum Gasteiger partial charge on any atom is 0.319 e. The number of benzene rings is 1. The average molecular weight is 283 g/mol. The van der Waals surface area contributed by atoms with Crippen LogP contribution in [0, 0.1) is 0 Å². The van der Waals surface area contributed by atoms with Crippen LogP contribution in [0.5, 0.6) is 0 Å². The number of rotatable bonds is 2. The Hall–Kier alpha value is -1.26. The monoisotopic (exact) mass is 282 g/mol. The third-order valence-corrected chi connectivity index (χ3v) is 3.61. The number of carbonyl (C=O) groups excluding carboxylic acids is 1. The molecule has 1 aromatic rings. The molecule has 0 radical (unpaired) electrons. The van der Waals surface area contributed by atoms with Gasteiger partial charge in [0.2, 0.25) is 0 Å². The quantitative estimate of drug-likeness (QED) is 0.730. The van der Waals surface area contributed by atoms with Gasteiger partial charge in [0.1, 0.15) is 0 Å². The molecule has 0 aliphatic heterocycles. The van der Waals surface area contributed by atoms with Gasteiger partial charge in [-0.25, -0.2) is 4.79 Å². The number of hydrogen-bond acceptors (Lipinski definition) is 2. The van der Waals surface area contributed by atoms with Crippen LogP contribution < -0.4 is 10.6 Å². The summed E-state index contributed by atoms with van der Waals surface area (Å²) in [6, 6.07) is 6.52. The molecule has 0 saturated heterocycles. The molecular weight excluding hydrogens is 264 g/mol. The zero-order chi connectivity index (χ0) is 13.7. The fraction of sp³-hybridized carbons (Fsp3) is 0.500. The molecule has 4 nitrogen and oxygen atoms in total. The van der Waals surface area contributed by atoms with E-state index in [0.29, 0.717) is 10.7 Å². The Morgan fingerprint density at radius 2 is 2.05 bits per heavy atom. The van der Waals surface area contributed by atoms with Crippen molar-refractivity contribution in [2.75, 3.05) is 5.32 Å². The Kier molecular flexibility index (Phi) is 5.05. The highest BCUT2D eigenvalue weighted by Gasteiger charge is 2.23. The molecule has 104 valence electrons. The van der Waals surface area contributed by atoms with E-state index in [9.17, 15) is 9.90 Å². The van der Waals surface area contributed by atoms with Crippen LogP contribution in [0.15, 0.2) is 24.3 Å². The van der Waals surface area contributed by atoms with Crippen molar-refractivity contribution in [3.63, 3.8) is 0 Å². The standard InChI is InChI=1S/C14H19ClN2O2/c15-10-5-4-6-11(9-10)16-14(19)17-12-7-2-1-3-8-13(12)18/h4-6,9,12-13,18H,1-3,7-8H2,(H2,16,17,19).